The Hall–Kier alpha value is -1.65. The lowest BCUT2D eigenvalue weighted by Crippen LogP contribution is -2.37. The molecule has 0 aliphatic rings. The highest BCUT2D eigenvalue weighted by molar-refractivity contribution is 5.77. The van der Waals surface area contributed by atoms with Crippen LogP contribution in [0, 0.1) is 0 Å². The van der Waals surface area contributed by atoms with Gasteiger partial charge in [0, 0.05) is 0 Å². The molecule has 0 bridgehead atoms. The summed E-state index contributed by atoms with van der Waals surface area (Å²) in [7, 11) is 0. The van der Waals surface area contributed by atoms with E-state index >= 15 is 0 Å². The Morgan fingerprint density at radius 2 is 1.94 bits per heavy atom. The monoisotopic (exact) mass is 230 g/mol. The Labute approximate surface area is 92.0 Å². The van der Waals surface area contributed by atoms with Crippen LogP contribution in [0.15, 0.2) is 30.3 Å². The van der Waals surface area contributed by atoms with E-state index in [1.54, 1.807) is 18.2 Å². The molecule has 1 rings (SSSR count). The van der Waals surface area contributed by atoms with Gasteiger partial charge in [0.2, 0.25) is 0 Å². The summed E-state index contributed by atoms with van der Waals surface area (Å²) in [6.07, 6.45) is 0. The highest BCUT2D eigenvalue weighted by Crippen LogP contribution is 2.18. The maximum Gasteiger partial charge on any atom is 0.380 e. The molecule has 3 nitrogen and oxygen atoms in total. The number of benzene rings is 1. The third-order valence-electron chi connectivity index (χ3n) is 1.74. The summed E-state index contributed by atoms with van der Waals surface area (Å²) >= 11 is 0. The van der Waals surface area contributed by atoms with Gasteiger partial charge in [-0.1, -0.05) is 18.2 Å². The smallest absolute Gasteiger partial charge is 0.380 e. The molecule has 0 amide bonds. The zero-order chi connectivity index (χ0) is 12.0. The Bertz CT molecular complexity index is 338. The molecular weight excluding hydrogens is 218 g/mol. The summed E-state index contributed by atoms with van der Waals surface area (Å²) in [6.45, 7) is 0.363. The number of ether oxygens (including phenoxy) is 2. The van der Waals surface area contributed by atoms with Crippen molar-refractivity contribution in [2.24, 2.45) is 0 Å². The average molecular weight is 230 g/mol. The Kier molecular flexibility index (Phi) is 4.22. The number of carbonyl (C=O) groups is 1. The van der Waals surface area contributed by atoms with Crippen LogP contribution in [0.5, 0.6) is 5.75 Å². The molecule has 88 valence electrons. The van der Waals surface area contributed by atoms with Crippen LogP contribution in [-0.4, -0.2) is 25.1 Å². The van der Waals surface area contributed by atoms with Crippen molar-refractivity contribution in [1.29, 1.82) is 0 Å². The van der Waals surface area contributed by atoms with Crippen LogP contribution >= 0.6 is 0 Å². The Morgan fingerprint density at radius 1 is 1.31 bits per heavy atom. The average Bonchev–Trinajstić information content (AvgIpc) is 2.28. The summed E-state index contributed by atoms with van der Waals surface area (Å²) in [6, 6.07) is 8.09. The molecule has 0 saturated heterocycles. The normalized spacial score (nSPS) is 10.9. The topological polar surface area (TPSA) is 35.5 Å². The Morgan fingerprint density at radius 3 is 2.50 bits per heavy atom. The van der Waals surface area contributed by atoms with Crippen LogP contribution in [0.2, 0.25) is 0 Å². The van der Waals surface area contributed by atoms with E-state index in [9.17, 15) is 13.6 Å². The standard InChI is InChI=1S/C11H12F2O3/c1-2-15-10(14)11(12,13)8-16-9-6-4-3-5-7-9/h3-7H,2,8H2,1H3. The molecule has 1 aromatic carbocycles. The SMILES string of the molecule is CCOC(=O)C(F)(F)COc1ccccc1. The summed E-state index contributed by atoms with van der Waals surface area (Å²) in [5.74, 6) is -4.90. The largest absolute Gasteiger partial charge is 0.487 e. The van der Waals surface area contributed by atoms with Gasteiger partial charge in [0.15, 0.2) is 6.61 Å². The fourth-order valence-electron chi connectivity index (χ4n) is 0.986. The van der Waals surface area contributed by atoms with Crippen molar-refractivity contribution in [3.8, 4) is 5.75 Å². The summed E-state index contributed by atoms with van der Waals surface area (Å²) in [4.78, 5) is 10.8. The van der Waals surface area contributed by atoms with Gasteiger partial charge in [-0.15, -0.1) is 0 Å². The van der Waals surface area contributed by atoms with Gasteiger partial charge in [0.25, 0.3) is 0 Å². The number of alkyl halides is 2. The number of esters is 1. The molecule has 16 heavy (non-hydrogen) atoms. The van der Waals surface area contributed by atoms with E-state index in [0.717, 1.165) is 0 Å². The first-order valence-corrected chi connectivity index (χ1v) is 4.79. The van der Waals surface area contributed by atoms with Crippen LogP contribution in [0.25, 0.3) is 0 Å². The van der Waals surface area contributed by atoms with Gasteiger partial charge in [-0.2, -0.15) is 8.78 Å². The minimum Gasteiger partial charge on any atom is -0.487 e. The summed E-state index contributed by atoms with van der Waals surface area (Å²) in [5, 5.41) is 0. The van der Waals surface area contributed by atoms with Crippen LogP contribution in [0.1, 0.15) is 6.92 Å². The maximum atomic E-state index is 13.1. The van der Waals surface area contributed by atoms with Gasteiger partial charge in [-0.3, -0.25) is 0 Å². The quantitative estimate of drug-likeness (QED) is 0.728. The first-order valence-electron chi connectivity index (χ1n) is 4.79. The fourth-order valence-corrected chi connectivity index (χ4v) is 0.986. The predicted octanol–water partition coefficient (Wildman–Crippen LogP) is 2.26. The van der Waals surface area contributed by atoms with Crippen LogP contribution < -0.4 is 4.74 Å². The van der Waals surface area contributed by atoms with Gasteiger partial charge >= 0.3 is 11.9 Å². The highest BCUT2D eigenvalue weighted by Gasteiger charge is 2.41. The lowest BCUT2D eigenvalue weighted by atomic mass is 10.3. The molecule has 0 saturated carbocycles. The lowest BCUT2D eigenvalue weighted by Gasteiger charge is -2.15. The molecule has 0 fully saturated rings. The minimum atomic E-state index is -3.62. The number of para-hydroxylation sites is 1. The van der Waals surface area contributed by atoms with E-state index in [1.807, 2.05) is 0 Å². The summed E-state index contributed by atoms with van der Waals surface area (Å²) < 4.78 is 35.2. The third kappa shape index (κ3) is 3.49. The van der Waals surface area contributed by atoms with Crippen molar-refractivity contribution in [2.45, 2.75) is 12.8 Å². The van der Waals surface area contributed by atoms with Gasteiger partial charge in [0.1, 0.15) is 5.75 Å². The van der Waals surface area contributed by atoms with Crippen LogP contribution in [0.3, 0.4) is 0 Å². The van der Waals surface area contributed by atoms with E-state index in [4.69, 9.17) is 4.74 Å². The number of halogens is 2. The van der Waals surface area contributed by atoms with Crippen molar-refractivity contribution < 1.29 is 23.0 Å². The number of hydrogen-bond acceptors (Lipinski definition) is 3. The second-order valence-corrected chi connectivity index (χ2v) is 3.03. The van der Waals surface area contributed by atoms with E-state index in [0.29, 0.717) is 0 Å². The maximum absolute atomic E-state index is 13.1. The molecule has 1 aromatic rings. The van der Waals surface area contributed by atoms with E-state index in [2.05, 4.69) is 4.74 Å². The number of carbonyl (C=O) groups excluding carboxylic acids is 1. The molecule has 0 aromatic heterocycles. The molecule has 0 heterocycles. The van der Waals surface area contributed by atoms with Crippen molar-refractivity contribution >= 4 is 5.97 Å². The number of hydrogen-bond donors (Lipinski definition) is 0. The van der Waals surface area contributed by atoms with Crippen molar-refractivity contribution in [3.63, 3.8) is 0 Å². The highest BCUT2D eigenvalue weighted by atomic mass is 19.3. The zero-order valence-corrected chi connectivity index (χ0v) is 8.78. The van der Waals surface area contributed by atoms with E-state index in [1.165, 1.54) is 19.1 Å². The molecule has 0 N–H and O–H groups in total. The van der Waals surface area contributed by atoms with Gasteiger partial charge in [-0.25, -0.2) is 4.79 Å². The molecular formula is C11H12F2O3. The van der Waals surface area contributed by atoms with Crippen molar-refractivity contribution in [1.82, 2.24) is 0 Å². The number of rotatable bonds is 5. The molecule has 0 aliphatic heterocycles. The van der Waals surface area contributed by atoms with Crippen molar-refractivity contribution in [2.75, 3.05) is 13.2 Å². The summed E-state index contributed by atoms with van der Waals surface area (Å²) in [5.41, 5.74) is 0. The molecule has 0 atom stereocenters. The van der Waals surface area contributed by atoms with E-state index in [-0.39, 0.29) is 12.4 Å². The molecule has 0 spiro atoms. The Balaban J connectivity index is 2.51. The van der Waals surface area contributed by atoms with Crippen LogP contribution in [0.4, 0.5) is 8.78 Å². The third-order valence-corrected chi connectivity index (χ3v) is 1.74. The predicted molar refractivity (Wildman–Crippen MR) is 53.5 cm³/mol. The molecule has 0 radical (unpaired) electrons. The van der Waals surface area contributed by atoms with Crippen molar-refractivity contribution in [3.05, 3.63) is 30.3 Å². The minimum absolute atomic E-state index is 0.0836. The molecule has 0 aliphatic carbocycles. The second-order valence-electron chi connectivity index (χ2n) is 3.03. The zero-order valence-electron chi connectivity index (χ0n) is 8.78. The first-order chi connectivity index (χ1) is 7.56. The van der Waals surface area contributed by atoms with Crippen LogP contribution in [-0.2, 0) is 9.53 Å². The first kappa shape index (κ1) is 12.4. The van der Waals surface area contributed by atoms with E-state index < -0.39 is 18.5 Å². The second kappa shape index (κ2) is 5.44. The van der Waals surface area contributed by atoms with Gasteiger partial charge < -0.3 is 9.47 Å². The lowest BCUT2D eigenvalue weighted by molar-refractivity contribution is -0.175. The van der Waals surface area contributed by atoms with Gasteiger partial charge in [-0.05, 0) is 19.1 Å². The van der Waals surface area contributed by atoms with Gasteiger partial charge in [0.05, 0.1) is 6.61 Å². The molecule has 5 heteroatoms. The molecule has 0 unspecified atom stereocenters. The fraction of sp³-hybridized carbons (Fsp3) is 0.364.